The van der Waals surface area contributed by atoms with Gasteiger partial charge in [0, 0.05) is 0 Å². The van der Waals surface area contributed by atoms with E-state index in [9.17, 15) is 0 Å². The molecule has 6 heteroatoms. The third-order valence-corrected chi connectivity index (χ3v) is 1.60. The first kappa shape index (κ1) is 9.99. The fourth-order valence-electron chi connectivity index (χ4n) is 0.760. The van der Waals surface area contributed by atoms with Gasteiger partial charge >= 0.3 is 86.7 Å². The van der Waals surface area contributed by atoms with Crippen molar-refractivity contribution in [1.82, 2.24) is 9.97 Å². The second-order valence-corrected chi connectivity index (χ2v) is 2.95. The Morgan fingerprint density at radius 2 is 2.38 bits per heavy atom. The van der Waals surface area contributed by atoms with Gasteiger partial charge in [0.25, 0.3) is 0 Å². The van der Waals surface area contributed by atoms with E-state index in [0.29, 0.717) is 17.5 Å². The van der Waals surface area contributed by atoms with E-state index in [2.05, 4.69) is 20.3 Å². The molecule has 1 rings (SSSR count). The van der Waals surface area contributed by atoms with Crippen LogP contribution in [0.25, 0.3) is 5.32 Å². The van der Waals surface area contributed by atoms with Crippen molar-refractivity contribution in [3.8, 4) is 0 Å². The number of hydrogen-bond donors (Lipinski definition) is 1. The molecule has 2 N–H and O–H groups in total. The van der Waals surface area contributed by atoms with E-state index in [4.69, 9.17) is 5.73 Å². The number of hydrogen-bond acceptors (Lipinski definition) is 4. The van der Waals surface area contributed by atoms with Gasteiger partial charge in [-0.3, -0.25) is 0 Å². The summed E-state index contributed by atoms with van der Waals surface area (Å²) in [4.78, 5) is 11.8. The molecule has 0 radical (unpaired) electrons. The molecule has 1 heterocycles. The molecular weight excluding hydrogens is 338 g/mol. The molecule has 1 aromatic rings. The minimum absolute atomic E-state index is 0.422. The molecule has 68 valence electrons. The molecule has 0 saturated carbocycles. The van der Waals surface area contributed by atoms with Crippen molar-refractivity contribution in [1.29, 1.82) is 0 Å². The Kier molecular flexibility index (Phi) is 3.70. The van der Waals surface area contributed by atoms with Crippen molar-refractivity contribution in [3.05, 3.63) is 17.2 Å². The maximum absolute atomic E-state index is 5.50. The normalized spacial score (nSPS) is 10.2. The third kappa shape index (κ3) is 3.42. The van der Waals surface area contributed by atoms with E-state index in [1.165, 1.54) is 25.7 Å². The van der Waals surface area contributed by atoms with Crippen LogP contribution in [0.5, 0.6) is 0 Å². The van der Waals surface area contributed by atoms with Crippen molar-refractivity contribution in [3.63, 3.8) is 0 Å². The Balaban J connectivity index is 2.77. The van der Waals surface area contributed by atoms with E-state index in [0.717, 1.165) is 0 Å². The zero-order valence-electron chi connectivity index (χ0n) is 7.01. The fourth-order valence-corrected chi connectivity index (χ4v) is 0.956. The molecule has 13 heavy (non-hydrogen) atoms. The van der Waals surface area contributed by atoms with Crippen molar-refractivity contribution in [2.75, 3.05) is 5.73 Å². The quantitative estimate of drug-likeness (QED) is 0.647. The van der Waals surface area contributed by atoms with Crippen LogP contribution in [0.3, 0.4) is 0 Å². The molecule has 0 amide bonds. The molecular formula is C7H8N5W-. The average Bonchev–Trinajstić information content (AvgIpc) is 2.03. The standard InChI is InChI=1S/C7H8N5.W/c1-5-11-6(8)3-7(12-5)10-4-9-2;/h2-4H,1H3,(H2-,8,10,11,12);/q-1;. The molecule has 0 fully saturated rings. The summed E-state index contributed by atoms with van der Waals surface area (Å²) in [6.07, 6.45) is 1.44. The van der Waals surface area contributed by atoms with E-state index in [1.807, 2.05) is 0 Å². The van der Waals surface area contributed by atoms with Crippen molar-refractivity contribution in [2.45, 2.75) is 6.92 Å². The number of rotatable bonds is 3. The number of anilines is 1. The minimum atomic E-state index is 0.422. The third-order valence-electron chi connectivity index (χ3n) is 1.16. The van der Waals surface area contributed by atoms with Gasteiger partial charge < -0.3 is 0 Å². The summed E-state index contributed by atoms with van der Waals surface area (Å²) in [6.45, 7) is 1.77. The molecule has 0 saturated heterocycles. The second-order valence-electron chi connectivity index (χ2n) is 2.20. The monoisotopic (exact) mass is 346 g/mol. The Morgan fingerprint density at radius 1 is 1.62 bits per heavy atom. The van der Waals surface area contributed by atoms with Gasteiger partial charge in [-0.2, -0.15) is 0 Å². The summed E-state index contributed by atoms with van der Waals surface area (Å²) in [6, 6.07) is 1.60. The molecule has 5 nitrogen and oxygen atoms in total. The molecule has 0 bridgehead atoms. The van der Waals surface area contributed by atoms with Gasteiger partial charge in [0.15, 0.2) is 0 Å². The average molecular weight is 346 g/mol. The predicted octanol–water partition coefficient (Wildman–Crippen LogP) is 0.707. The number of aliphatic imine (C=N–C) groups is 1. The molecule has 1 aromatic heterocycles. The Bertz CT molecular complexity index is 315. The zero-order valence-corrected chi connectivity index (χ0v) is 9.94. The number of nitrogens with zero attached hydrogens (tertiary/aromatic N) is 4. The Labute approximate surface area is 86.9 Å². The van der Waals surface area contributed by atoms with Gasteiger partial charge in [-0.25, -0.2) is 0 Å². The fraction of sp³-hybridized carbons (Fsp3) is 0.143. The molecule has 0 unspecified atom stereocenters. The van der Waals surface area contributed by atoms with Crippen LogP contribution >= 0.6 is 0 Å². The zero-order chi connectivity index (χ0) is 9.68. The van der Waals surface area contributed by atoms with Crippen LogP contribution in [0.15, 0.2) is 11.1 Å². The molecule has 0 aliphatic rings. The summed E-state index contributed by atoms with van der Waals surface area (Å²) in [5.74, 6) is 1.56. The van der Waals surface area contributed by atoms with Gasteiger partial charge in [0.1, 0.15) is 0 Å². The summed E-state index contributed by atoms with van der Waals surface area (Å²) < 4.78 is 1.72. The summed E-state index contributed by atoms with van der Waals surface area (Å²) >= 11 is 1.28. The Morgan fingerprint density at radius 3 is 3.00 bits per heavy atom. The predicted molar refractivity (Wildman–Crippen MR) is 48.8 cm³/mol. The first-order valence-electron chi connectivity index (χ1n) is 3.49. The molecule has 0 spiro atoms. The van der Waals surface area contributed by atoms with Crippen LogP contribution < -0.4 is 5.73 Å². The molecule has 0 aliphatic carbocycles. The molecule has 0 aliphatic heterocycles. The Hall–Kier alpha value is -1.09. The van der Waals surface area contributed by atoms with Gasteiger partial charge in [0.2, 0.25) is 0 Å². The van der Waals surface area contributed by atoms with Crippen molar-refractivity contribution >= 4 is 22.5 Å². The maximum atomic E-state index is 5.50. The van der Waals surface area contributed by atoms with E-state index in [-0.39, 0.29) is 0 Å². The molecule has 0 aromatic carbocycles. The number of aromatic nitrogens is 2. The van der Waals surface area contributed by atoms with Crippen LogP contribution in [0.1, 0.15) is 5.82 Å². The number of nitrogen functional groups attached to an aromatic ring is 1. The van der Waals surface area contributed by atoms with Crippen LogP contribution in [0.4, 0.5) is 11.6 Å². The first-order valence-corrected chi connectivity index (χ1v) is 5.19. The molecule has 0 atom stereocenters. The summed E-state index contributed by atoms with van der Waals surface area (Å²) in [5.41, 5.74) is 5.50. The van der Waals surface area contributed by atoms with Gasteiger partial charge in [-0.05, 0) is 0 Å². The van der Waals surface area contributed by atoms with Gasteiger partial charge in [-0.1, -0.05) is 0 Å². The SMILES string of the molecule is Cc1nc(N)cc([N-]C=N[CH]=[W])n1. The van der Waals surface area contributed by atoms with Crippen LogP contribution in [-0.4, -0.2) is 20.8 Å². The van der Waals surface area contributed by atoms with Gasteiger partial charge in [0.05, 0.1) is 0 Å². The van der Waals surface area contributed by atoms with Crippen LogP contribution in [-0.2, 0) is 19.4 Å². The van der Waals surface area contributed by atoms with Gasteiger partial charge in [-0.15, -0.1) is 0 Å². The summed E-state index contributed by atoms with van der Waals surface area (Å²) in [5, 5.41) is 3.98. The number of aryl methyl sites for hydroxylation is 1. The number of nitrogens with two attached hydrogens (primary N) is 1. The van der Waals surface area contributed by atoms with E-state index >= 15 is 0 Å². The first-order chi connectivity index (χ1) is 6.22. The van der Waals surface area contributed by atoms with Crippen LogP contribution in [0.2, 0.25) is 0 Å². The van der Waals surface area contributed by atoms with E-state index in [1.54, 1.807) is 17.5 Å². The van der Waals surface area contributed by atoms with Crippen molar-refractivity contribution in [2.24, 2.45) is 4.99 Å². The van der Waals surface area contributed by atoms with Crippen molar-refractivity contribution < 1.29 is 19.4 Å². The summed E-state index contributed by atoms with van der Waals surface area (Å²) in [7, 11) is 0. The van der Waals surface area contributed by atoms with E-state index < -0.39 is 0 Å². The van der Waals surface area contributed by atoms with Crippen LogP contribution in [0, 0.1) is 6.92 Å². The second kappa shape index (κ2) is 4.82. The topological polar surface area (TPSA) is 78.3 Å².